The van der Waals surface area contributed by atoms with E-state index in [1.165, 1.54) is 5.56 Å². The topological polar surface area (TPSA) is 28.2 Å². The third-order valence-corrected chi connectivity index (χ3v) is 4.50. The summed E-state index contributed by atoms with van der Waals surface area (Å²) in [7, 11) is 0. The lowest BCUT2D eigenvalue weighted by Crippen LogP contribution is -2.38. The number of aromatic nitrogens is 1. The van der Waals surface area contributed by atoms with Gasteiger partial charge in [-0.1, -0.05) is 36.4 Å². The van der Waals surface area contributed by atoms with E-state index in [1.54, 1.807) is 0 Å². The van der Waals surface area contributed by atoms with E-state index in [0.29, 0.717) is 11.9 Å². The highest BCUT2D eigenvalue weighted by Crippen LogP contribution is 2.20. The monoisotopic (exact) mass is 315 g/mol. The van der Waals surface area contributed by atoms with Crippen LogP contribution in [0, 0.1) is 0 Å². The largest absolute Gasteiger partial charge is 0.367 e. The number of nitrogens with zero attached hydrogens (tertiary/aromatic N) is 2. The highest BCUT2D eigenvalue weighted by molar-refractivity contribution is 6.17. The third-order valence-electron chi connectivity index (χ3n) is 4.21. The molecule has 0 amide bonds. The number of piperidine rings is 1. The number of hydrogen-bond acceptors (Lipinski definition) is 3. The molecule has 1 fully saturated rings. The molecule has 3 nitrogen and oxygen atoms in total. The standard InChI is InChI=1S/C18H22ClN3/c19-13-16-7-4-10-20-18(16)21-17-8-11-22(12-9-17)14-15-5-2-1-3-6-15/h1-7,10,17H,8-9,11-14H2,(H,20,21). The quantitative estimate of drug-likeness (QED) is 0.848. The molecule has 0 radical (unpaired) electrons. The number of alkyl halides is 1. The van der Waals surface area contributed by atoms with Gasteiger partial charge in [0, 0.05) is 37.4 Å². The Balaban J connectivity index is 1.51. The fraction of sp³-hybridized carbons (Fsp3) is 0.389. The minimum absolute atomic E-state index is 0.490. The lowest BCUT2D eigenvalue weighted by atomic mass is 10.0. The molecule has 0 aliphatic carbocycles. The van der Waals surface area contributed by atoms with Crippen LogP contribution in [0.2, 0.25) is 0 Å². The highest BCUT2D eigenvalue weighted by atomic mass is 35.5. The first-order valence-electron chi connectivity index (χ1n) is 7.88. The predicted molar refractivity (Wildman–Crippen MR) is 92.2 cm³/mol. The van der Waals surface area contributed by atoms with Crippen molar-refractivity contribution in [3.8, 4) is 0 Å². The van der Waals surface area contributed by atoms with Crippen molar-refractivity contribution in [2.24, 2.45) is 0 Å². The molecular formula is C18H22ClN3. The summed E-state index contributed by atoms with van der Waals surface area (Å²) >= 11 is 5.97. The van der Waals surface area contributed by atoms with Gasteiger partial charge in [0.1, 0.15) is 5.82 Å². The molecule has 116 valence electrons. The molecule has 2 aromatic rings. The Bertz CT molecular complexity index is 580. The molecule has 0 spiro atoms. The highest BCUT2D eigenvalue weighted by Gasteiger charge is 2.20. The summed E-state index contributed by atoms with van der Waals surface area (Å²) in [4.78, 5) is 6.94. The zero-order chi connectivity index (χ0) is 15.2. The molecule has 0 bridgehead atoms. The number of likely N-dealkylation sites (tertiary alicyclic amines) is 1. The molecular weight excluding hydrogens is 294 g/mol. The number of anilines is 1. The number of halogens is 1. The number of benzene rings is 1. The van der Waals surface area contributed by atoms with E-state index in [0.717, 1.165) is 43.9 Å². The van der Waals surface area contributed by atoms with Gasteiger partial charge in [0.25, 0.3) is 0 Å². The molecule has 0 unspecified atom stereocenters. The normalized spacial score (nSPS) is 16.6. The van der Waals surface area contributed by atoms with Crippen molar-refractivity contribution in [3.05, 3.63) is 59.8 Å². The van der Waals surface area contributed by atoms with Crippen molar-refractivity contribution in [2.75, 3.05) is 18.4 Å². The van der Waals surface area contributed by atoms with E-state index < -0.39 is 0 Å². The first kappa shape index (κ1) is 15.3. The zero-order valence-electron chi connectivity index (χ0n) is 12.7. The van der Waals surface area contributed by atoms with E-state index in [4.69, 9.17) is 11.6 Å². The first-order chi connectivity index (χ1) is 10.8. The van der Waals surface area contributed by atoms with Crippen molar-refractivity contribution in [3.63, 3.8) is 0 Å². The fourth-order valence-electron chi connectivity index (χ4n) is 2.95. The molecule has 4 heteroatoms. The molecule has 3 rings (SSSR count). The van der Waals surface area contributed by atoms with Gasteiger partial charge in [-0.25, -0.2) is 4.98 Å². The van der Waals surface area contributed by atoms with Crippen molar-refractivity contribution < 1.29 is 0 Å². The average molecular weight is 316 g/mol. The van der Waals surface area contributed by atoms with Crippen LogP contribution in [0.25, 0.3) is 0 Å². The molecule has 2 heterocycles. The lowest BCUT2D eigenvalue weighted by molar-refractivity contribution is 0.211. The molecule has 1 saturated heterocycles. The maximum Gasteiger partial charge on any atom is 0.130 e. The van der Waals surface area contributed by atoms with Crippen LogP contribution in [0.1, 0.15) is 24.0 Å². The van der Waals surface area contributed by atoms with Crippen LogP contribution in [0.4, 0.5) is 5.82 Å². The van der Waals surface area contributed by atoms with Crippen molar-refractivity contribution >= 4 is 17.4 Å². The van der Waals surface area contributed by atoms with E-state index in [1.807, 2.05) is 18.3 Å². The SMILES string of the molecule is ClCc1cccnc1NC1CCN(Cc2ccccc2)CC1. The summed E-state index contributed by atoms with van der Waals surface area (Å²) < 4.78 is 0. The predicted octanol–water partition coefficient (Wildman–Crippen LogP) is 3.90. The second-order valence-electron chi connectivity index (χ2n) is 5.83. The Morgan fingerprint density at radius 3 is 2.59 bits per heavy atom. The summed E-state index contributed by atoms with van der Waals surface area (Å²) in [6, 6.07) is 15.1. The Morgan fingerprint density at radius 1 is 1.09 bits per heavy atom. The molecule has 1 N–H and O–H groups in total. The Hall–Kier alpha value is -1.58. The van der Waals surface area contributed by atoms with Crippen molar-refractivity contribution in [1.82, 2.24) is 9.88 Å². The second-order valence-corrected chi connectivity index (χ2v) is 6.09. The Kier molecular flexibility index (Phi) is 5.30. The lowest BCUT2D eigenvalue weighted by Gasteiger charge is -2.32. The smallest absolute Gasteiger partial charge is 0.130 e. The molecule has 1 aliphatic heterocycles. The van der Waals surface area contributed by atoms with Gasteiger partial charge in [-0.2, -0.15) is 0 Å². The summed E-state index contributed by atoms with van der Waals surface area (Å²) in [5.41, 5.74) is 2.47. The van der Waals surface area contributed by atoms with E-state index in [2.05, 4.69) is 45.5 Å². The Morgan fingerprint density at radius 2 is 1.86 bits per heavy atom. The molecule has 1 aliphatic rings. The van der Waals surface area contributed by atoms with Gasteiger partial charge in [-0.15, -0.1) is 11.6 Å². The number of nitrogens with one attached hydrogen (secondary N) is 1. The van der Waals surface area contributed by atoms with Crippen LogP contribution in [0.15, 0.2) is 48.7 Å². The van der Waals surface area contributed by atoms with Gasteiger partial charge in [-0.3, -0.25) is 4.90 Å². The summed E-state index contributed by atoms with van der Waals surface area (Å²) in [5.74, 6) is 1.45. The van der Waals surface area contributed by atoms with Crippen molar-refractivity contribution in [1.29, 1.82) is 0 Å². The van der Waals surface area contributed by atoms with Gasteiger partial charge < -0.3 is 5.32 Å². The molecule has 1 aromatic heterocycles. The van der Waals surface area contributed by atoms with Gasteiger partial charge in [0.2, 0.25) is 0 Å². The number of hydrogen-bond donors (Lipinski definition) is 1. The first-order valence-corrected chi connectivity index (χ1v) is 8.41. The molecule has 0 saturated carbocycles. The minimum Gasteiger partial charge on any atom is -0.367 e. The van der Waals surface area contributed by atoms with E-state index in [-0.39, 0.29) is 0 Å². The molecule has 1 aromatic carbocycles. The fourth-order valence-corrected chi connectivity index (χ4v) is 3.16. The summed E-state index contributed by atoms with van der Waals surface area (Å²) in [6.45, 7) is 3.29. The molecule has 22 heavy (non-hydrogen) atoms. The van der Waals surface area contributed by atoms with E-state index >= 15 is 0 Å². The third kappa shape index (κ3) is 3.99. The minimum atomic E-state index is 0.490. The van der Waals surface area contributed by atoms with Crippen LogP contribution in [-0.2, 0) is 12.4 Å². The maximum absolute atomic E-state index is 5.97. The molecule has 0 atom stereocenters. The van der Waals surface area contributed by atoms with Crippen LogP contribution in [0.3, 0.4) is 0 Å². The van der Waals surface area contributed by atoms with Gasteiger partial charge in [0.15, 0.2) is 0 Å². The summed E-state index contributed by atoms with van der Waals surface area (Å²) in [6.07, 6.45) is 4.11. The second kappa shape index (κ2) is 7.61. The van der Waals surface area contributed by atoms with Gasteiger partial charge >= 0.3 is 0 Å². The van der Waals surface area contributed by atoms with Gasteiger partial charge in [0.05, 0.1) is 5.88 Å². The Labute approximate surface area is 137 Å². The van der Waals surface area contributed by atoms with Crippen LogP contribution < -0.4 is 5.32 Å². The van der Waals surface area contributed by atoms with E-state index in [9.17, 15) is 0 Å². The van der Waals surface area contributed by atoms with Crippen LogP contribution in [-0.4, -0.2) is 29.0 Å². The van der Waals surface area contributed by atoms with Crippen LogP contribution in [0.5, 0.6) is 0 Å². The zero-order valence-corrected chi connectivity index (χ0v) is 13.5. The number of pyridine rings is 1. The summed E-state index contributed by atoms with van der Waals surface area (Å²) in [5, 5.41) is 3.56. The van der Waals surface area contributed by atoms with Crippen LogP contribution >= 0.6 is 11.6 Å². The maximum atomic E-state index is 5.97. The number of rotatable bonds is 5. The average Bonchev–Trinajstić information content (AvgIpc) is 2.58. The van der Waals surface area contributed by atoms with Gasteiger partial charge in [-0.05, 0) is 24.5 Å². The van der Waals surface area contributed by atoms with Crippen molar-refractivity contribution in [2.45, 2.75) is 31.3 Å².